The number of nitrogens with zero attached hydrogens (tertiary/aromatic N) is 2. The Labute approximate surface area is 102 Å². The van der Waals surface area contributed by atoms with E-state index >= 15 is 0 Å². The molecule has 0 radical (unpaired) electrons. The van der Waals surface area contributed by atoms with E-state index in [0.717, 1.165) is 18.7 Å². The molecule has 1 aliphatic heterocycles. The van der Waals surface area contributed by atoms with Crippen molar-refractivity contribution in [3.8, 4) is 0 Å². The van der Waals surface area contributed by atoms with Crippen molar-refractivity contribution in [2.75, 3.05) is 0 Å². The molecule has 4 nitrogen and oxygen atoms in total. The molecule has 0 unspecified atom stereocenters. The molecule has 4 heteroatoms. The number of hydrogen-bond acceptors (Lipinski definition) is 2. The Balaban J connectivity index is 2.14. The van der Waals surface area contributed by atoms with E-state index in [1.807, 2.05) is 11.1 Å². The highest BCUT2D eigenvalue weighted by molar-refractivity contribution is 5.77. The van der Waals surface area contributed by atoms with Gasteiger partial charge in [0.05, 0.1) is 6.04 Å². The van der Waals surface area contributed by atoms with Gasteiger partial charge in [-0.05, 0) is 25.7 Å². The molecule has 0 aliphatic carbocycles. The first-order valence-corrected chi connectivity index (χ1v) is 6.40. The number of carbonyl (C=O) groups is 1. The second-order valence-corrected chi connectivity index (χ2v) is 5.32. The molecule has 2 heterocycles. The minimum Gasteiger partial charge on any atom is -0.347 e. The van der Waals surface area contributed by atoms with Crippen LogP contribution in [0, 0.1) is 5.92 Å². The van der Waals surface area contributed by atoms with Gasteiger partial charge in [-0.2, -0.15) is 0 Å². The molecule has 2 rings (SSSR count). The predicted molar refractivity (Wildman–Crippen MR) is 66.3 cm³/mol. The lowest BCUT2D eigenvalue weighted by Gasteiger charge is -2.28. The van der Waals surface area contributed by atoms with E-state index in [9.17, 15) is 4.79 Å². The summed E-state index contributed by atoms with van der Waals surface area (Å²) < 4.78 is 0. The first kappa shape index (κ1) is 12.1. The topological polar surface area (TPSA) is 49.0 Å². The molecular weight excluding hydrogens is 214 g/mol. The van der Waals surface area contributed by atoms with Gasteiger partial charge in [-0.15, -0.1) is 0 Å². The van der Waals surface area contributed by atoms with Gasteiger partial charge in [-0.1, -0.05) is 13.8 Å². The number of amides is 1. The fourth-order valence-electron chi connectivity index (χ4n) is 2.59. The molecule has 1 saturated heterocycles. The summed E-state index contributed by atoms with van der Waals surface area (Å²) in [6.07, 6.45) is 6.28. The fraction of sp³-hybridized carbons (Fsp3) is 0.692. The van der Waals surface area contributed by atoms with Crippen LogP contribution in [0.25, 0.3) is 0 Å². The molecule has 1 fully saturated rings. The SMILES string of the molecule is CC(C)CC(=O)N1[C@@H](C)CC[C@H]1c1ncc[nH]1. The Bertz CT molecular complexity index is 372. The van der Waals surface area contributed by atoms with Crippen LogP contribution >= 0.6 is 0 Å². The molecular formula is C13H21N3O. The van der Waals surface area contributed by atoms with E-state index in [-0.39, 0.29) is 11.9 Å². The molecule has 1 aromatic heterocycles. The summed E-state index contributed by atoms with van der Waals surface area (Å²) in [5.41, 5.74) is 0. The minimum atomic E-state index is 0.145. The van der Waals surface area contributed by atoms with Crippen LogP contribution in [0.2, 0.25) is 0 Å². The third-order valence-corrected chi connectivity index (χ3v) is 3.37. The maximum absolute atomic E-state index is 12.3. The van der Waals surface area contributed by atoms with Crippen molar-refractivity contribution in [2.45, 2.75) is 52.1 Å². The van der Waals surface area contributed by atoms with Crippen LogP contribution in [0.5, 0.6) is 0 Å². The Morgan fingerprint density at radius 2 is 2.35 bits per heavy atom. The zero-order chi connectivity index (χ0) is 12.4. The third kappa shape index (κ3) is 2.51. The van der Waals surface area contributed by atoms with E-state index in [1.54, 1.807) is 6.20 Å². The van der Waals surface area contributed by atoms with Gasteiger partial charge in [-0.25, -0.2) is 4.98 Å². The van der Waals surface area contributed by atoms with E-state index < -0.39 is 0 Å². The van der Waals surface area contributed by atoms with E-state index in [4.69, 9.17) is 0 Å². The van der Waals surface area contributed by atoms with Crippen molar-refractivity contribution < 1.29 is 4.79 Å². The number of likely N-dealkylation sites (tertiary alicyclic amines) is 1. The number of imidazole rings is 1. The predicted octanol–water partition coefficient (Wildman–Crippen LogP) is 2.51. The molecule has 2 atom stereocenters. The number of hydrogen-bond donors (Lipinski definition) is 1. The Morgan fingerprint density at radius 3 is 2.94 bits per heavy atom. The molecule has 1 amide bonds. The van der Waals surface area contributed by atoms with Crippen LogP contribution in [0.1, 0.15) is 51.9 Å². The highest BCUT2D eigenvalue weighted by Gasteiger charge is 2.36. The molecule has 0 bridgehead atoms. The van der Waals surface area contributed by atoms with Crippen molar-refractivity contribution in [3.05, 3.63) is 18.2 Å². The maximum Gasteiger partial charge on any atom is 0.223 e. The van der Waals surface area contributed by atoms with Gasteiger partial charge in [0, 0.05) is 24.9 Å². The largest absolute Gasteiger partial charge is 0.347 e. The van der Waals surface area contributed by atoms with Crippen molar-refractivity contribution in [1.29, 1.82) is 0 Å². The van der Waals surface area contributed by atoms with Crippen LogP contribution in [0.15, 0.2) is 12.4 Å². The van der Waals surface area contributed by atoms with E-state index in [0.29, 0.717) is 18.4 Å². The molecule has 1 N–H and O–H groups in total. The number of rotatable bonds is 3. The highest BCUT2D eigenvalue weighted by atomic mass is 16.2. The number of carbonyl (C=O) groups excluding carboxylic acids is 1. The second-order valence-electron chi connectivity index (χ2n) is 5.32. The zero-order valence-corrected chi connectivity index (χ0v) is 10.8. The third-order valence-electron chi connectivity index (χ3n) is 3.37. The van der Waals surface area contributed by atoms with Crippen molar-refractivity contribution in [3.63, 3.8) is 0 Å². The minimum absolute atomic E-state index is 0.145. The van der Waals surface area contributed by atoms with Crippen LogP contribution in [-0.2, 0) is 4.79 Å². The Kier molecular flexibility index (Phi) is 3.50. The lowest BCUT2D eigenvalue weighted by atomic mass is 10.1. The zero-order valence-electron chi connectivity index (χ0n) is 10.8. The summed E-state index contributed by atoms with van der Waals surface area (Å²) in [5.74, 6) is 1.59. The normalized spacial score (nSPS) is 24.6. The van der Waals surface area contributed by atoms with E-state index in [1.165, 1.54) is 0 Å². The van der Waals surface area contributed by atoms with Gasteiger partial charge in [0.2, 0.25) is 5.91 Å². The molecule has 94 valence electrons. The lowest BCUT2D eigenvalue weighted by Crippen LogP contribution is -2.36. The molecule has 0 spiro atoms. The monoisotopic (exact) mass is 235 g/mol. The fourth-order valence-corrected chi connectivity index (χ4v) is 2.59. The van der Waals surface area contributed by atoms with Crippen LogP contribution in [0.4, 0.5) is 0 Å². The number of H-pyrrole nitrogens is 1. The van der Waals surface area contributed by atoms with Gasteiger partial charge in [0.15, 0.2) is 0 Å². The first-order chi connectivity index (χ1) is 8.09. The molecule has 0 saturated carbocycles. The first-order valence-electron chi connectivity index (χ1n) is 6.40. The lowest BCUT2D eigenvalue weighted by molar-refractivity contribution is -0.134. The average Bonchev–Trinajstić information content (AvgIpc) is 2.84. The summed E-state index contributed by atoms with van der Waals surface area (Å²) in [7, 11) is 0. The Morgan fingerprint density at radius 1 is 1.59 bits per heavy atom. The number of aromatic nitrogens is 2. The molecule has 0 aromatic carbocycles. The highest BCUT2D eigenvalue weighted by Crippen LogP contribution is 2.35. The van der Waals surface area contributed by atoms with E-state index in [2.05, 4.69) is 30.7 Å². The van der Waals surface area contributed by atoms with Gasteiger partial charge < -0.3 is 9.88 Å². The quantitative estimate of drug-likeness (QED) is 0.875. The van der Waals surface area contributed by atoms with Gasteiger partial charge in [0.1, 0.15) is 5.82 Å². The number of aromatic amines is 1. The summed E-state index contributed by atoms with van der Waals surface area (Å²) in [4.78, 5) is 21.7. The maximum atomic E-state index is 12.3. The van der Waals surface area contributed by atoms with Crippen molar-refractivity contribution in [2.24, 2.45) is 5.92 Å². The van der Waals surface area contributed by atoms with Crippen molar-refractivity contribution in [1.82, 2.24) is 14.9 Å². The van der Waals surface area contributed by atoms with Crippen LogP contribution in [-0.4, -0.2) is 26.8 Å². The summed E-state index contributed by atoms with van der Waals surface area (Å²) in [5, 5.41) is 0. The van der Waals surface area contributed by atoms with Gasteiger partial charge >= 0.3 is 0 Å². The van der Waals surface area contributed by atoms with Crippen LogP contribution in [0.3, 0.4) is 0 Å². The summed E-state index contributed by atoms with van der Waals surface area (Å²) in [6, 6.07) is 0.475. The van der Waals surface area contributed by atoms with Gasteiger partial charge in [0.25, 0.3) is 0 Å². The standard InChI is InChI=1S/C13H21N3O/c1-9(2)8-12(17)16-10(3)4-5-11(16)13-14-6-7-15-13/h6-7,9-11H,4-5,8H2,1-3H3,(H,14,15)/t10-,11-/m0/s1. The second kappa shape index (κ2) is 4.90. The summed E-state index contributed by atoms with van der Waals surface area (Å²) >= 11 is 0. The van der Waals surface area contributed by atoms with Gasteiger partial charge in [-0.3, -0.25) is 4.79 Å². The smallest absolute Gasteiger partial charge is 0.223 e. The molecule has 1 aliphatic rings. The van der Waals surface area contributed by atoms with Crippen LogP contribution < -0.4 is 0 Å². The average molecular weight is 235 g/mol. The Hall–Kier alpha value is -1.32. The molecule has 1 aromatic rings. The molecule has 17 heavy (non-hydrogen) atoms. The number of nitrogens with one attached hydrogen (secondary N) is 1. The van der Waals surface area contributed by atoms with Crippen molar-refractivity contribution >= 4 is 5.91 Å². The summed E-state index contributed by atoms with van der Waals surface area (Å²) in [6.45, 7) is 6.29.